The van der Waals surface area contributed by atoms with Crippen molar-refractivity contribution < 1.29 is 28.2 Å². The van der Waals surface area contributed by atoms with Gasteiger partial charge in [-0.15, -0.1) is 0 Å². The second-order valence-corrected chi connectivity index (χ2v) is 7.58. The highest BCUT2D eigenvalue weighted by Crippen LogP contribution is 2.29. The molecule has 2 aliphatic rings. The predicted molar refractivity (Wildman–Crippen MR) is 97.3 cm³/mol. The van der Waals surface area contributed by atoms with Crippen molar-refractivity contribution in [2.45, 2.75) is 50.4 Å². The van der Waals surface area contributed by atoms with E-state index in [2.05, 4.69) is 5.32 Å². The number of benzene rings is 1. The first-order chi connectivity index (χ1) is 13.4. The van der Waals surface area contributed by atoms with Gasteiger partial charge in [-0.05, 0) is 37.3 Å². The summed E-state index contributed by atoms with van der Waals surface area (Å²) in [4.78, 5) is 26.7. The van der Waals surface area contributed by atoms with Crippen molar-refractivity contribution in [1.29, 1.82) is 0 Å². The molecule has 28 heavy (non-hydrogen) atoms. The van der Waals surface area contributed by atoms with Gasteiger partial charge in [0.2, 0.25) is 11.8 Å². The predicted octanol–water partition coefficient (Wildman–Crippen LogP) is 1.40. The Kier molecular flexibility index (Phi) is 6.61. The van der Waals surface area contributed by atoms with Crippen molar-refractivity contribution in [2.24, 2.45) is 5.92 Å². The summed E-state index contributed by atoms with van der Waals surface area (Å²) in [7, 11) is 1.67. The minimum atomic E-state index is -0.826. The van der Waals surface area contributed by atoms with E-state index in [1.54, 1.807) is 12.0 Å². The van der Waals surface area contributed by atoms with E-state index >= 15 is 0 Å². The van der Waals surface area contributed by atoms with Crippen LogP contribution in [0.2, 0.25) is 0 Å². The lowest BCUT2D eigenvalue weighted by molar-refractivity contribution is -0.138. The Balaban J connectivity index is 1.52. The first-order valence-corrected chi connectivity index (χ1v) is 9.60. The Labute approximate surface area is 162 Å². The maximum Gasteiger partial charge on any atom is 0.225 e. The molecular formula is C20H26F2N2O4. The molecule has 1 aromatic rings. The molecule has 0 unspecified atom stereocenters. The minimum absolute atomic E-state index is 0.00469. The minimum Gasteiger partial charge on any atom is -0.391 e. The fraction of sp³-hybridized carbons (Fsp3) is 0.600. The maximum atomic E-state index is 13.7. The summed E-state index contributed by atoms with van der Waals surface area (Å²) in [6.07, 6.45) is 1.32. The molecule has 1 saturated carbocycles. The van der Waals surface area contributed by atoms with E-state index in [9.17, 15) is 23.5 Å². The first kappa shape index (κ1) is 20.7. The summed E-state index contributed by atoms with van der Waals surface area (Å²) < 4.78 is 32.0. The third-order valence-electron chi connectivity index (χ3n) is 5.68. The molecule has 154 valence electrons. The summed E-state index contributed by atoms with van der Waals surface area (Å²) in [5, 5.41) is 12.9. The van der Waals surface area contributed by atoms with E-state index in [0.717, 1.165) is 25.0 Å². The number of aliphatic hydroxyl groups excluding tert-OH is 1. The van der Waals surface area contributed by atoms with E-state index in [4.69, 9.17) is 4.74 Å². The lowest BCUT2D eigenvalue weighted by Gasteiger charge is -2.33. The Morgan fingerprint density at radius 1 is 1.25 bits per heavy atom. The molecule has 1 aliphatic carbocycles. The van der Waals surface area contributed by atoms with E-state index < -0.39 is 29.7 Å². The largest absolute Gasteiger partial charge is 0.391 e. The number of rotatable bonds is 5. The zero-order valence-electron chi connectivity index (χ0n) is 15.9. The third kappa shape index (κ3) is 4.86. The zero-order valence-corrected chi connectivity index (χ0v) is 15.9. The summed E-state index contributed by atoms with van der Waals surface area (Å²) in [5.41, 5.74) is 0.0834. The van der Waals surface area contributed by atoms with Crippen LogP contribution in [-0.4, -0.2) is 60.3 Å². The standard InChI is InChI=1S/C20H26F2N2O4/c1-28-15-4-6-24(7-5-15)20(27)13-8-17(18(25)9-13)23-19(26)10-12-2-3-14(21)11-16(12)22/h2-3,11,13,15,17-18,25H,4-10H2,1H3,(H,23,26)/t13-,17+,18+/m0/s1. The van der Waals surface area contributed by atoms with Crippen LogP contribution in [0.5, 0.6) is 0 Å². The Bertz CT molecular complexity index is 722. The van der Waals surface area contributed by atoms with E-state index in [-0.39, 0.29) is 29.9 Å². The summed E-state index contributed by atoms with van der Waals surface area (Å²) in [5.74, 6) is -2.31. The van der Waals surface area contributed by atoms with Gasteiger partial charge >= 0.3 is 0 Å². The molecule has 1 aliphatic heterocycles. The Morgan fingerprint density at radius 2 is 1.96 bits per heavy atom. The van der Waals surface area contributed by atoms with Crippen molar-refractivity contribution in [2.75, 3.05) is 20.2 Å². The highest BCUT2D eigenvalue weighted by molar-refractivity contribution is 5.81. The molecule has 0 radical (unpaired) electrons. The smallest absolute Gasteiger partial charge is 0.225 e. The van der Waals surface area contributed by atoms with Crippen LogP contribution in [0.1, 0.15) is 31.2 Å². The number of methoxy groups -OCH3 is 1. The van der Waals surface area contributed by atoms with Crippen LogP contribution in [0.4, 0.5) is 8.78 Å². The van der Waals surface area contributed by atoms with Crippen molar-refractivity contribution in [3.63, 3.8) is 0 Å². The average molecular weight is 396 g/mol. The summed E-state index contributed by atoms with van der Waals surface area (Å²) >= 11 is 0. The van der Waals surface area contributed by atoms with Gasteiger partial charge in [0.25, 0.3) is 0 Å². The van der Waals surface area contributed by atoms with Crippen molar-refractivity contribution in [1.82, 2.24) is 10.2 Å². The molecule has 8 heteroatoms. The van der Waals surface area contributed by atoms with Gasteiger partial charge in [0.05, 0.1) is 24.7 Å². The first-order valence-electron chi connectivity index (χ1n) is 9.60. The maximum absolute atomic E-state index is 13.7. The highest BCUT2D eigenvalue weighted by atomic mass is 19.1. The number of hydrogen-bond acceptors (Lipinski definition) is 4. The van der Waals surface area contributed by atoms with Crippen molar-refractivity contribution >= 4 is 11.8 Å². The number of likely N-dealkylation sites (tertiary alicyclic amines) is 1. The monoisotopic (exact) mass is 396 g/mol. The van der Waals surface area contributed by atoms with Gasteiger partial charge in [0.1, 0.15) is 11.6 Å². The molecule has 3 atom stereocenters. The zero-order chi connectivity index (χ0) is 20.3. The summed E-state index contributed by atoms with van der Waals surface area (Å²) in [6.45, 7) is 1.26. The van der Waals surface area contributed by atoms with Gasteiger partial charge in [-0.3, -0.25) is 9.59 Å². The molecule has 3 rings (SSSR count). The van der Waals surface area contributed by atoms with Crippen molar-refractivity contribution in [3.05, 3.63) is 35.4 Å². The number of nitrogens with one attached hydrogen (secondary N) is 1. The number of amides is 2. The molecule has 1 aromatic carbocycles. The van der Waals surface area contributed by atoms with Crippen LogP contribution in [-0.2, 0) is 20.7 Å². The molecule has 2 N–H and O–H groups in total. The Hall–Kier alpha value is -2.06. The SMILES string of the molecule is COC1CCN(C(=O)[C@@H]2C[C@@H](O)[C@H](NC(=O)Cc3ccc(F)cc3F)C2)CC1. The summed E-state index contributed by atoms with van der Waals surface area (Å²) in [6, 6.07) is 2.50. The fourth-order valence-electron chi connectivity index (χ4n) is 4.04. The molecule has 6 nitrogen and oxygen atoms in total. The lowest BCUT2D eigenvalue weighted by atomic mass is 10.0. The molecule has 0 spiro atoms. The third-order valence-corrected chi connectivity index (χ3v) is 5.68. The topological polar surface area (TPSA) is 78.9 Å². The number of hydrogen-bond donors (Lipinski definition) is 2. The average Bonchev–Trinajstić information content (AvgIpc) is 3.04. The number of carbonyl (C=O) groups excluding carboxylic acids is 2. The van der Waals surface area contributed by atoms with E-state index in [0.29, 0.717) is 25.9 Å². The molecule has 1 heterocycles. The molecule has 0 bridgehead atoms. The van der Waals surface area contributed by atoms with Crippen LogP contribution in [0.3, 0.4) is 0 Å². The van der Waals surface area contributed by atoms with Crippen LogP contribution in [0, 0.1) is 17.6 Å². The highest BCUT2D eigenvalue weighted by Gasteiger charge is 2.40. The quantitative estimate of drug-likeness (QED) is 0.789. The fourth-order valence-corrected chi connectivity index (χ4v) is 4.04. The van der Waals surface area contributed by atoms with Gasteiger partial charge in [-0.1, -0.05) is 6.07 Å². The van der Waals surface area contributed by atoms with Gasteiger partial charge in [-0.25, -0.2) is 8.78 Å². The van der Waals surface area contributed by atoms with Crippen LogP contribution in [0.25, 0.3) is 0 Å². The lowest BCUT2D eigenvalue weighted by Crippen LogP contribution is -2.43. The normalized spacial score (nSPS) is 25.7. The van der Waals surface area contributed by atoms with E-state index in [1.165, 1.54) is 6.07 Å². The molecule has 1 saturated heterocycles. The van der Waals surface area contributed by atoms with Gasteiger partial charge < -0.3 is 20.1 Å². The molecule has 0 aromatic heterocycles. The number of aliphatic hydroxyl groups is 1. The van der Waals surface area contributed by atoms with Crippen LogP contribution >= 0.6 is 0 Å². The van der Waals surface area contributed by atoms with Gasteiger partial charge in [-0.2, -0.15) is 0 Å². The number of piperidine rings is 1. The number of carbonyl (C=O) groups is 2. The molecule has 2 fully saturated rings. The van der Waals surface area contributed by atoms with Gasteiger partial charge in [0, 0.05) is 32.2 Å². The molecule has 2 amide bonds. The van der Waals surface area contributed by atoms with Gasteiger partial charge in [0.15, 0.2) is 0 Å². The van der Waals surface area contributed by atoms with E-state index in [1.807, 2.05) is 0 Å². The number of ether oxygens (including phenoxy) is 1. The van der Waals surface area contributed by atoms with Crippen molar-refractivity contribution in [3.8, 4) is 0 Å². The Morgan fingerprint density at radius 3 is 2.61 bits per heavy atom. The second-order valence-electron chi connectivity index (χ2n) is 7.58. The van der Waals surface area contributed by atoms with Crippen LogP contribution < -0.4 is 5.32 Å². The number of nitrogens with zero attached hydrogens (tertiary/aromatic N) is 1. The van der Waals surface area contributed by atoms with Crippen LogP contribution in [0.15, 0.2) is 18.2 Å². The molecular weight excluding hydrogens is 370 g/mol. The second kappa shape index (κ2) is 8.96. The number of halogens is 2.